The van der Waals surface area contributed by atoms with Crippen LogP contribution in [0.15, 0.2) is 36.7 Å². The molecule has 130 valence electrons. The van der Waals surface area contributed by atoms with Crippen LogP contribution in [0.5, 0.6) is 0 Å². The molecule has 0 unspecified atom stereocenters. The number of nitrogens with zero attached hydrogens (tertiary/aromatic N) is 3. The number of rotatable bonds is 4. The smallest absolute Gasteiger partial charge is 0.298 e. The molecule has 0 spiro atoms. The number of benzene rings is 1. The van der Waals surface area contributed by atoms with Gasteiger partial charge in [-0.3, -0.25) is 14.5 Å². The summed E-state index contributed by atoms with van der Waals surface area (Å²) in [7, 11) is 0. The highest BCUT2D eigenvalue weighted by Gasteiger charge is 2.34. The van der Waals surface area contributed by atoms with Crippen molar-refractivity contribution in [2.24, 2.45) is 0 Å². The first-order chi connectivity index (χ1) is 11.8. The van der Waals surface area contributed by atoms with Crippen LogP contribution < -0.4 is 0 Å². The van der Waals surface area contributed by atoms with Crippen molar-refractivity contribution >= 4 is 16.8 Å². The molecule has 0 fully saturated rings. The van der Waals surface area contributed by atoms with Crippen LogP contribution in [-0.2, 0) is 17.5 Å². The fourth-order valence-corrected chi connectivity index (χ4v) is 2.44. The third kappa shape index (κ3) is 3.38. The molecule has 0 aliphatic carbocycles. The number of ketones is 1. The van der Waals surface area contributed by atoms with Crippen LogP contribution in [0.1, 0.15) is 18.9 Å². The van der Waals surface area contributed by atoms with Crippen LogP contribution in [0, 0.1) is 5.82 Å². The molecule has 8 heteroatoms. The summed E-state index contributed by atoms with van der Waals surface area (Å²) in [6.07, 6.45) is -1.56. The van der Waals surface area contributed by atoms with Gasteiger partial charge in [0.2, 0.25) is 0 Å². The molecule has 3 aromatic rings. The van der Waals surface area contributed by atoms with Crippen molar-refractivity contribution in [1.82, 2.24) is 14.8 Å². The average molecular weight is 351 g/mol. The monoisotopic (exact) mass is 351 g/mol. The number of aromatic nitrogens is 3. The van der Waals surface area contributed by atoms with Crippen molar-refractivity contribution < 1.29 is 22.4 Å². The number of hydrogen-bond donors (Lipinski definition) is 0. The Morgan fingerprint density at radius 1 is 1.16 bits per heavy atom. The van der Waals surface area contributed by atoms with Gasteiger partial charge in [0.05, 0.1) is 17.3 Å². The maximum absolute atomic E-state index is 13.4. The second-order valence-electron chi connectivity index (χ2n) is 5.52. The molecule has 0 radical (unpaired) electrons. The van der Waals surface area contributed by atoms with Gasteiger partial charge in [-0.2, -0.15) is 18.3 Å². The normalized spacial score (nSPS) is 11.9. The number of carbonyl (C=O) groups is 1. The lowest BCUT2D eigenvalue weighted by molar-refractivity contribution is -0.140. The molecular weight excluding hydrogens is 338 g/mol. The van der Waals surface area contributed by atoms with Gasteiger partial charge in [-0.15, -0.1) is 0 Å². The number of carbonyl (C=O) groups excluding carboxylic acids is 1. The summed E-state index contributed by atoms with van der Waals surface area (Å²) < 4.78 is 53.6. The van der Waals surface area contributed by atoms with Crippen molar-refractivity contribution in [2.45, 2.75) is 26.1 Å². The molecule has 25 heavy (non-hydrogen) atoms. The van der Waals surface area contributed by atoms with Gasteiger partial charge in [-0.25, -0.2) is 4.39 Å². The Labute approximate surface area is 140 Å². The van der Waals surface area contributed by atoms with E-state index in [2.05, 4.69) is 10.1 Å². The van der Waals surface area contributed by atoms with Gasteiger partial charge >= 0.3 is 6.18 Å². The van der Waals surface area contributed by atoms with Crippen molar-refractivity contribution in [1.29, 1.82) is 0 Å². The van der Waals surface area contributed by atoms with E-state index in [-0.39, 0.29) is 17.9 Å². The van der Waals surface area contributed by atoms with E-state index in [1.165, 1.54) is 23.1 Å². The summed E-state index contributed by atoms with van der Waals surface area (Å²) in [5, 5.41) is 4.08. The standard InChI is InChI=1S/C17H13F4N3O/c1-2-12(25)9-24-16-6-11(7-22-15(16)8-23-24)10-3-4-14(18)13(5-10)17(19,20)21/h3-8H,2,9H2,1H3. The lowest BCUT2D eigenvalue weighted by Gasteiger charge is -2.10. The number of hydrogen-bond acceptors (Lipinski definition) is 3. The van der Waals surface area contributed by atoms with E-state index < -0.39 is 17.6 Å². The number of fused-ring (bicyclic) bond motifs is 1. The largest absolute Gasteiger partial charge is 0.419 e. The van der Waals surface area contributed by atoms with Crippen molar-refractivity contribution in [2.75, 3.05) is 0 Å². The molecule has 3 rings (SSSR count). The second kappa shape index (κ2) is 6.27. The minimum atomic E-state index is -4.78. The van der Waals surface area contributed by atoms with Gasteiger partial charge in [-0.1, -0.05) is 13.0 Å². The maximum atomic E-state index is 13.4. The molecule has 0 saturated carbocycles. The molecule has 0 atom stereocenters. The van der Waals surface area contributed by atoms with Crippen LogP contribution in [-0.4, -0.2) is 20.5 Å². The van der Waals surface area contributed by atoms with Gasteiger partial charge < -0.3 is 0 Å². The van der Waals surface area contributed by atoms with Crippen LogP contribution in [0.2, 0.25) is 0 Å². The van der Waals surface area contributed by atoms with Crippen LogP contribution in [0.4, 0.5) is 17.6 Å². The third-order valence-corrected chi connectivity index (χ3v) is 3.82. The molecule has 4 nitrogen and oxygen atoms in total. The van der Waals surface area contributed by atoms with Crippen molar-refractivity contribution in [3.63, 3.8) is 0 Å². The SMILES string of the molecule is CCC(=O)Cn1ncc2ncc(-c3ccc(F)c(C(F)(F)F)c3)cc21. The molecule has 0 bridgehead atoms. The third-order valence-electron chi connectivity index (χ3n) is 3.82. The first-order valence-corrected chi connectivity index (χ1v) is 7.50. The molecule has 2 heterocycles. The van der Waals surface area contributed by atoms with Crippen molar-refractivity contribution in [3.8, 4) is 11.1 Å². The fraction of sp³-hybridized carbons (Fsp3) is 0.235. The van der Waals surface area contributed by atoms with Gasteiger partial charge in [0.1, 0.15) is 17.9 Å². The number of halogens is 4. The Morgan fingerprint density at radius 2 is 1.92 bits per heavy atom. The first-order valence-electron chi connectivity index (χ1n) is 7.50. The zero-order valence-electron chi connectivity index (χ0n) is 13.1. The van der Waals surface area contributed by atoms with Gasteiger partial charge in [0, 0.05) is 18.2 Å². The second-order valence-corrected chi connectivity index (χ2v) is 5.52. The Hall–Kier alpha value is -2.77. The highest BCUT2D eigenvalue weighted by Crippen LogP contribution is 2.34. The van der Waals surface area contributed by atoms with E-state index in [0.29, 0.717) is 23.0 Å². The number of Topliss-reactive ketones (excluding diaryl/α,β-unsaturated/α-hetero) is 1. The van der Waals surface area contributed by atoms with Gasteiger partial charge in [0.25, 0.3) is 0 Å². The summed E-state index contributed by atoms with van der Waals surface area (Å²) in [5.41, 5.74) is 0.268. The zero-order chi connectivity index (χ0) is 18.2. The predicted octanol–water partition coefficient (Wildman–Crippen LogP) is 4.24. The minimum Gasteiger partial charge on any atom is -0.298 e. The molecule has 2 aromatic heterocycles. The molecule has 0 amide bonds. The molecule has 0 N–H and O–H groups in total. The topological polar surface area (TPSA) is 47.8 Å². The van der Waals surface area contributed by atoms with E-state index in [1.54, 1.807) is 13.0 Å². The lowest BCUT2D eigenvalue weighted by Crippen LogP contribution is -2.10. The molecular formula is C17H13F4N3O. The van der Waals surface area contributed by atoms with E-state index >= 15 is 0 Å². The maximum Gasteiger partial charge on any atom is 0.419 e. The zero-order valence-corrected chi connectivity index (χ0v) is 13.1. The van der Waals surface area contributed by atoms with Crippen LogP contribution in [0.25, 0.3) is 22.2 Å². The van der Waals surface area contributed by atoms with Gasteiger partial charge in [-0.05, 0) is 23.8 Å². The van der Waals surface area contributed by atoms with Crippen LogP contribution >= 0.6 is 0 Å². The summed E-state index contributed by atoms with van der Waals surface area (Å²) in [4.78, 5) is 15.8. The summed E-state index contributed by atoms with van der Waals surface area (Å²) in [6.45, 7) is 1.79. The lowest BCUT2D eigenvalue weighted by atomic mass is 10.0. The first kappa shape index (κ1) is 17.1. The van der Waals surface area contributed by atoms with E-state index in [0.717, 1.165) is 12.1 Å². The van der Waals surface area contributed by atoms with E-state index in [4.69, 9.17) is 0 Å². The fourth-order valence-electron chi connectivity index (χ4n) is 2.44. The van der Waals surface area contributed by atoms with Gasteiger partial charge in [0.15, 0.2) is 5.78 Å². The summed E-state index contributed by atoms with van der Waals surface area (Å²) >= 11 is 0. The molecule has 1 aromatic carbocycles. The Morgan fingerprint density at radius 3 is 2.60 bits per heavy atom. The Bertz CT molecular complexity index is 947. The van der Waals surface area contributed by atoms with Crippen molar-refractivity contribution in [3.05, 3.63) is 48.0 Å². The van der Waals surface area contributed by atoms with E-state index in [1.807, 2.05) is 0 Å². The van der Waals surface area contributed by atoms with E-state index in [9.17, 15) is 22.4 Å². The molecule has 0 aliphatic heterocycles. The summed E-state index contributed by atoms with van der Waals surface area (Å²) in [5.74, 6) is -1.36. The summed E-state index contributed by atoms with van der Waals surface area (Å²) in [6, 6.07) is 4.37. The quantitative estimate of drug-likeness (QED) is 0.661. The number of pyridine rings is 1. The highest BCUT2D eigenvalue weighted by atomic mass is 19.4. The number of alkyl halides is 3. The van der Waals surface area contributed by atoms with Crippen LogP contribution in [0.3, 0.4) is 0 Å². The molecule has 0 aliphatic rings. The highest BCUT2D eigenvalue weighted by molar-refractivity contribution is 5.83. The average Bonchev–Trinajstić information content (AvgIpc) is 2.96. The minimum absolute atomic E-state index is 0.0310. The predicted molar refractivity (Wildman–Crippen MR) is 83.2 cm³/mol. The molecule has 0 saturated heterocycles. The Kier molecular flexibility index (Phi) is 4.28. The Balaban J connectivity index is 2.07.